The van der Waals surface area contributed by atoms with Gasteiger partial charge in [-0.05, 0) is 48.9 Å². The second-order valence-corrected chi connectivity index (χ2v) is 8.16. The normalized spacial score (nSPS) is 27.7. The third-order valence-electron chi connectivity index (χ3n) is 6.37. The number of fused-ring (bicyclic) bond motifs is 1. The SMILES string of the molecule is NCC1CCCCC1NCc1ccc2c(c1)C(=O)N(C1CCC(=O)NC1=O)C2. The predicted molar refractivity (Wildman–Crippen MR) is 104 cm³/mol. The molecule has 0 aromatic heterocycles. The van der Waals surface area contributed by atoms with E-state index in [0.717, 1.165) is 17.5 Å². The fraction of sp³-hybridized carbons (Fsp3) is 0.571. The number of benzene rings is 1. The summed E-state index contributed by atoms with van der Waals surface area (Å²) in [6, 6.07) is 5.84. The quantitative estimate of drug-likeness (QED) is 0.659. The molecule has 3 unspecified atom stereocenters. The number of nitrogens with zero attached hydrogens (tertiary/aromatic N) is 1. The summed E-state index contributed by atoms with van der Waals surface area (Å²) in [5, 5.41) is 5.96. The molecule has 1 saturated heterocycles. The molecule has 1 aromatic rings. The van der Waals surface area contributed by atoms with Crippen molar-refractivity contribution in [2.24, 2.45) is 11.7 Å². The summed E-state index contributed by atoms with van der Waals surface area (Å²) in [7, 11) is 0. The van der Waals surface area contributed by atoms with Crippen LogP contribution in [0.15, 0.2) is 18.2 Å². The van der Waals surface area contributed by atoms with E-state index in [4.69, 9.17) is 5.73 Å². The lowest BCUT2D eigenvalue weighted by atomic mass is 9.84. The van der Waals surface area contributed by atoms with Crippen molar-refractivity contribution >= 4 is 17.7 Å². The minimum Gasteiger partial charge on any atom is -0.330 e. The molecular weight excluding hydrogens is 356 g/mol. The highest BCUT2D eigenvalue weighted by Crippen LogP contribution is 2.29. The van der Waals surface area contributed by atoms with Gasteiger partial charge in [0.25, 0.3) is 5.91 Å². The molecule has 2 fully saturated rings. The number of hydrogen-bond acceptors (Lipinski definition) is 5. The van der Waals surface area contributed by atoms with Gasteiger partial charge in [-0.15, -0.1) is 0 Å². The van der Waals surface area contributed by atoms with E-state index in [9.17, 15) is 14.4 Å². The van der Waals surface area contributed by atoms with Gasteiger partial charge in [-0.2, -0.15) is 0 Å². The van der Waals surface area contributed by atoms with Crippen molar-refractivity contribution in [1.82, 2.24) is 15.5 Å². The standard InChI is InChI=1S/C21H28N4O3/c22-10-14-3-1-2-4-17(14)23-11-13-5-6-15-12-25(21(28)16(15)9-13)18-7-8-19(26)24-20(18)27/h5-6,9,14,17-18,23H,1-4,7-8,10-12,22H2,(H,24,26,27). The van der Waals surface area contributed by atoms with Crippen molar-refractivity contribution in [3.8, 4) is 0 Å². The molecule has 28 heavy (non-hydrogen) atoms. The summed E-state index contributed by atoms with van der Waals surface area (Å²) in [6.07, 6.45) is 5.48. The zero-order valence-electron chi connectivity index (χ0n) is 16.1. The minimum absolute atomic E-state index is 0.121. The lowest BCUT2D eigenvalue weighted by molar-refractivity contribution is -0.136. The van der Waals surface area contributed by atoms with Gasteiger partial charge in [0.1, 0.15) is 6.04 Å². The Kier molecular flexibility index (Phi) is 5.46. The molecule has 1 saturated carbocycles. The van der Waals surface area contributed by atoms with Gasteiger partial charge in [0, 0.05) is 31.1 Å². The molecule has 7 nitrogen and oxygen atoms in total. The first-order valence-corrected chi connectivity index (χ1v) is 10.3. The number of nitrogens with two attached hydrogens (primary N) is 1. The van der Waals surface area contributed by atoms with Gasteiger partial charge in [-0.25, -0.2) is 0 Å². The van der Waals surface area contributed by atoms with Crippen LogP contribution in [0.2, 0.25) is 0 Å². The second kappa shape index (κ2) is 8.01. The fourth-order valence-electron chi connectivity index (χ4n) is 4.72. The third kappa shape index (κ3) is 3.69. The number of carbonyl (C=O) groups is 3. The first-order valence-electron chi connectivity index (χ1n) is 10.3. The van der Waals surface area contributed by atoms with Crippen LogP contribution in [0.1, 0.15) is 60.0 Å². The molecule has 3 atom stereocenters. The summed E-state index contributed by atoms with van der Waals surface area (Å²) < 4.78 is 0. The molecule has 3 amide bonds. The molecule has 2 aliphatic heterocycles. The van der Waals surface area contributed by atoms with E-state index in [2.05, 4.69) is 10.6 Å². The van der Waals surface area contributed by atoms with Crippen molar-refractivity contribution < 1.29 is 14.4 Å². The zero-order valence-corrected chi connectivity index (χ0v) is 16.1. The van der Waals surface area contributed by atoms with E-state index < -0.39 is 6.04 Å². The Hall–Kier alpha value is -2.25. The first-order chi connectivity index (χ1) is 13.6. The van der Waals surface area contributed by atoms with Crippen molar-refractivity contribution in [1.29, 1.82) is 0 Å². The zero-order chi connectivity index (χ0) is 19.7. The Bertz CT molecular complexity index is 794. The highest BCUT2D eigenvalue weighted by Gasteiger charge is 2.39. The Balaban J connectivity index is 1.43. The molecule has 4 rings (SSSR count). The summed E-state index contributed by atoms with van der Waals surface area (Å²) >= 11 is 0. The molecule has 7 heteroatoms. The number of carbonyl (C=O) groups excluding carboxylic acids is 3. The van der Waals surface area contributed by atoms with Crippen LogP contribution >= 0.6 is 0 Å². The van der Waals surface area contributed by atoms with Gasteiger partial charge in [0.2, 0.25) is 11.8 Å². The van der Waals surface area contributed by atoms with Crippen LogP contribution in [0, 0.1) is 5.92 Å². The van der Waals surface area contributed by atoms with E-state index in [0.29, 0.717) is 43.6 Å². The fourth-order valence-corrected chi connectivity index (χ4v) is 4.72. The van der Waals surface area contributed by atoms with Gasteiger partial charge in [0.15, 0.2) is 0 Å². The molecule has 3 aliphatic rings. The maximum Gasteiger partial charge on any atom is 0.255 e. The van der Waals surface area contributed by atoms with Crippen LogP contribution in [-0.2, 0) is 22.7 Å². The first kappa shape index (κ1) is 19.1. The molecule has 0 bridgehead atoms. The van der Waals surface area contributed by atoms with Gasteiger partial charge >= 0.3 is 0 Å². The number of hydrogen-bond donors (Lipinski definition) is 3. The van der Waals surface area contributed by atoms with Gasteiger partial charge in [-0.3, -0.25) is 19.7 Å². The molecule has 0 spiro atoms. The van der Waals surface area contributed by atoms with Crippen LogP contribution in [0.25, 0.3) is 0 Å². The van der Waals surface area contributed by atoms with E-state index >= 15 is 0 Å². The largest absolute Gasteiger partial charge is 0.330 e. The molecule has 2 heterocycles. The van der Waals surface area contributed by atoms with Crippen molar-refractivity contribution in [2.45, 2.75) is 63.7 Å². The van der Waals surface area contributed by atoms with E-state index in [1.807, 2.05) is 18.2 Å². The van der Waals surface area contributed by atoms with Crippen LogP contribution < -0.4 is 16.4 Å². The molecule has 1 aromatic carbocycles. The molecule has 0 radical (unpaired) electrons. The average molecular weight is 384 g/mol. The average Bonchev–Trinajstić information content (AvgIpc) is 3.02. The monoisotopic (exact) mass is 384 g/mol. The smallest absolute Gasteiger partial charge is 0.255 e. The van der Waals surface area contributed by atoms with Crippen LogP contribution in [-0.4, -0.2) is 41.2 Å². The maximum atomic E-state index is 12.9. The van der Waals surface area contributed by atoms with Crippen molar-refractivity contribution in [3.05, 3.63) is 34.9 Å². The third-order valence-corrected chi connectivity index (χ3v) is 6.37. The Morgan fingerprint density at radius 1 is 1.14 bits per heavy atom. The lowest BCUT2D eigenvalue weighted by Gasteiger charge is -2.31. The topological polar surface area (TPSA) is 105 Å². The van der Waals surface area contributed by atoms with Crippen molar-refractivity contribution in [2.75, 3.05) is 6.54 Å². The lowest BCUT2D eigenvalue weighted by Crippen LogP contribution is -2.52. The summed E-state index contributed by atoms with van der Waals surface area (Å²) in [5.74, 6) is -0.238. The highest BCUT2D eigenvalue weighted by atomic mass is 16.2. The van der Waals surface area contributed by atoms with Crippen molar-refractivity contribution in [3.63, 3.8) is 0 Å². The second-order valence-electron chi connectivity index (χ2n) is 8.16. The summed E-state index contributed by atoms with van der Waals surface area (Å²) in [6.45, 7) is 1.84. The Morgan fingerprint density at radius 3 is 2.75 bits per heavy atom. The van der Waals surface area contributed by atoms with E-state index in [1.165, 1.54) is 19.3 Å². The predicted octanol–water partition coefficient (Wildman–Crippen LogP) is 1.05. The number of imide groups is 1. The molecule has 150 valence electrons. The van der Waals surface area contributed by atoms with Crippen LogP contribution in [0.5, 0.6) is 0 Å². The van der Waals surface area contributed by atoms with Crippen LogP contribution in [0.4, 0.5) is 0 Å². The summed E-state index contributed by atoms with van der Waals surface area (Å²) in [5.41, 5.74) is 8.59. The number of piperidine rings is 1. The van der Waals surface area contributed by atoms with E-state index in [1.54, 1.807) is 4.90 Å². The maximum absolute atomic E-state index is 12.9. The Labute approximate surface area is 165 Å². The number of amides is 3. The Morgan fingerprint density at radius 2 is 1.96 bits per heavy atom. The number of nitrogens with one attached hydrogen (secondary N) is 2. The summed E-state index contributed by atoms with van der Waals surface area (Å²) in [4.78, 5) is 38.0. The molecule has 1 aliphatic carbocycles. The minimum atomic E-state index is -0.563. The highest BCUT2D eigenvalue weighted by molar-refractivity contribution is 6.05. The van der Waals surface area contributed by atoms with Gasteiger partial charge < -0.3 is 16.0 Å². The van der Waals surface area contributed by atoms with Crippen LogP contribution in [0.3, 0.4) is 0 Å². The van der Waals surface area contributed by atoms with E-state index in [-0.39, 0.29) is 24.1 Å². The number of rotatable bonds is 5. The van der Waals surface area contributed by atoms with Gasteiger partial charge in [0.05, 0.1) is 0 Å². The molecule has 4 N–H and O–H groups in total. The molecular formula is C21H28N4O3. The van der Waals surface area contributed by atoms with Gasteiger partial charge in [-0.1, -0.05) is 25.0 Å².